The number of fused-ring (bicyclic) bond motifs is 1. The fourth-order valence-electron chi connectivity index (χ4n) is 3.20. The maximum Gasteiger partial charge on any atom is 0.270 e. The molecule has 0 spiro atoms. The molecule has 0 saturated carbocycles. The van der Waals surface area contributed by atoms with E-state index in [0.29, 0.717) is 5.92 Å². The molecule has 4 heteroatoms. The number of nitrogens with one attached hydrogen (secondary N) is 1. The average molecular weight is 261 g/mol. The SMILES string of the molecule is CC1CCCc2[nH]c(C(=O)N3CCN(C)CC3)cc21. The zero-order chi connectivity index (χ0) is 13.4. The van der Waals surface area contributed by atoms with Gasteiger partial charge in [0.05, 0.1) is 0 Å². The van der Waals surface area contributed by atoms with Gasteiger partial charge in [-0.3, -0.25) is 4.79 Å². The molecule has 0 radical (unpaired) electrons. The topological polar surface area (TPSA) is 39.3 Å². The van der Waals surface area contributed by atoms with E-state index in [1.165, 1.54) is 24.1 Å². The van der Waals surface area contributed by atoms with Gasteiger partial charge >= 0.3 is 0 Å². The predicted octanol–water partition coefficient (Wildman–Crippen LogP) is 1.84. The van der Waals surface area contributed by atoms with Crippen LogP contribution in [-0.4, -0.2) is 53.9 Å². The Labute approximate surface area is 114 Å². The van der Waals surface area contributed by atoms with Crippen LogP contribution in [0.5, 0.6) is 0 Å². The highest BCUT2D eigenvalue weighted by Crippen LogP contribution is 2.31. The molecule has 19 heavy (non-hydrogen) atoms. The molecule has 1 atom stereocenters. The lowest BCUT2D eigenvalue weighted by Crippen LogP contribution is -2.47. The van der Waals surface area contributed by atoms with Crippen molar-refractivity contribution in [2.24, 2.45) is 0 Å². The summed E-state index contributed by atoms with van der Waals surface area (Å²) in [6.45, 7) is 5.89. The zero-order valence-corrected chi connectivity index (χ0v) is 11.9. The molecule has 1 aromatic rings. The molecule has 2 aliphatic rings. The third kappa shape index (κ3) is 2.41. The number of aryl methyl sites for hydroxylation is 1. The largest absolute Gasteiger partial charge is 0.354 e. The van der Waals surface area contributed by atoms with Gasteiger partial charge in [0.2, 0.25) is 0 Å². The molecule has 1 fully saturated rings. The highest BCUT2D eigenvalue weighted by Gasteiger charge is 2.25. The molecular weight excluding hydrogens is 238 g/mol. The van der Waals surface area contributed by atoms with Crippen LogP contribution in [0.3, 0.4) is 0 Å². The molecule has 1 aliphatic heterocycles. The summed E-state index contributed by atoms with van der Waals surface area (Å²) in [7, 11) is 2.11. The van der Waals surface area contributed by atoms with Gasteiger partial charge in [0, 0.05) is 31.9 Å². The van der Waals surface area contributed by atoms with Crippen LogP contribution in [0.1, 0.15) is 47.4 Å². The molecule has 1 amide bonds. The number of carbonyl (C=O) groups is 1. The highest BCUT2D eigenvalue weighted by molar-refractivity contribution is 5.93. The normalized spacial score (nSPS) is 24.3. The van der Waals surface area contributed by atoms with Crippen LogP contribution in [0.2, 0.25) is 0 Å². The summed E-state index contributed by atoms with van der Waals surface area (Å²) in [6.07, 6.45) is 3.57. The van der Waals surface area contributed by atoms with Crippen LogP contribution in [0, 0.1) is 0 Å². The quantitative estimate of drug-likeness (QED) is 0.838. The van der Waals surface area contributed by atoms with Crippen molar-refractivity contribution in [2.45, 2.75) is 32.1 Å². The molecule has 1 aliphatic carbocycles. The van der Waals surface area contributed by atoms with Gasteiger partial charge in [-0.1, -0.05) is 6.92 Å². The molecule has 104 valence electrons. The maximum absolute atomic E-state index is 12.5. The van der Waals surface area contributed by atoms with Crippen molar-refractivity contribution in [1.29, 1.82) is 0 Å². The predicted molar refractivity (Wildman–Crippen MR) is 75.5 cm³/mol. The number of H-pyrrole nitrogens is 1. The summed E-state index contributed by atoms with van der Waals surface area (Å²) in [5, 5.41) is 0. The molecule has 1 N–H and O–H groups in total. The van der Waals surface area contributed by atoms with Gasteiger partial charge in [0.25, 0.3) is 5.91 Å². The minimum Gasteiger partial charge on any atom is -0.354 e. The van der Waals surface area contributed by atoms with E-state index in [1.54, 1.807) is 0 Å². The molecule has 1 aromatic heterocycles. The first-order valence-corrected chi connectivity index (χ1v) is 7.35. The van der Waals surface area contributed by atoms with E-state index in [4.69, 9.17) is 0 Å². The van der Waals surface area contributed by atoms with Crippen molar-refractivity contribution < 1.29 is 4.79 Å². The second-order valence-electron chi connectivity index (χ2n) is 6.01. The number of hydrogen-bond acceptors (Lipinski definition) is 2. The first-order valence-electron chi connectivity index (χ1n) is 7.35. The lowest BCUT2D eigenvalue weighted by molar-refractivity contribution is 0.0658. The lowest BCUT2D eigenvalue weighted by atomic mass is 9.88. The minimum absolute atomic E-state index is 0.176. The second-order valence-corrected chi connectivity index (χ2v) is 6.01. The van der Waals surface area contributed by atoms with Gasteiger partial charge in [0.15, 0.2) is 0 Å². The smallest absolute Gasteiger partial charge is 0.270 e. The van der Waals surface area contributed by atoms with Gasteiger partial charge in [-0.15, -0.1) is 0 Å². The van der Waals surface area contributed by atoms with Crippen LogP contribution in [0.25, 0.3) is 0 Å². The van der Waals surface area contributed by atoms with Crippen LogP contribution >= 0.6 is 0 Å². The van der Waals surface area contributed by atoms with Gasteiger partial charge < -0.3 is 14.8 Å². The summed E-state index contributed by atoms with van der Waals surface area (Å²) < 4.78 is 0. The molecule has 2 heterocycles. The van der Waals surface area contributed by atoms with E-state index in [-0.39, 0.29) is 5.91 Å². The first kappa shape index (κ1) is 12.7. The number of hydrogen-bond donors (Lipinski definition) is 1. The number of aromatic nitrogens is 1. The van der Waals surface area contributed by atoms with Gasteiger partial charge in [-0.2, -0.15) is 0 Å². The Kier molecular flexibility index (Phi) is 3.35. The molecule has 0 aromatic carbocycles. The van der Waals surface area contributed by atoms with Crippen LogP contribution in [-0.2, 0) is 6.42 Å². The summed E-state index contributed by atoms with van der Waals surface area (Å²) in [5.41, 5.74) is 3.45. The van der Waals surface area contributed by atoms with Gasteiger partial charge in [0.1, 0.15) is 5.69 Å². The summed E-state index contributed by atoms with van der Waals surface area (Å²) in [6, 6.07) is 2.10. The monoisotopic (exact) mass is 261 g/mol. The summed E-state index contributed by atoms with van der Waals surface area (Å²) in [5.74, 6) is 0.767. The Bertz CT molecular complexity index is 472. The average Bonchev–Trinajstić information content (AvgIpc) is 2.84. The van der Waals surface area contributed by atoms with Crippen molar-refractivity contribution in [3.05, 3.63) is 23.0 Å². The summed E-state index contributed by atoms with van der Waals surface area (Å²) in [4.78, 5) is 20.1. The molecular formula is C15H23N3O. The van der Waals surface area contributed by atoms with Gasteiger partial charge in [-0.05, 0) is 43.9 Å². The van der Waals surface area contributed by atoms with Crippen molar-refractivity contribution in [3.8, 4) is 0 Å². The Morgan fingerprint density at radius 1 is 1.32 bits per heavy atom. The molecule has 1 unspecified atom stereocenters. The zero-order valence-electron chi connectivity index (χ0n) is 11.9. The van der Waals surface area contributed by atoms with E-state index >= 15 is 0 Å². The maximum atomic E-state index is 12.5. The number of likely N-dealkylation sites (N-methyl/N-ethyl adjacent to an activating group) is 1. The second kappa shape index (κ2) is 5.00. The van der Waals surface area contributed by atoms with E-state index in [0.717, 1.165) is 38.3 Å². The Hall–Kier alpha value is -1.29. The van der Waals surface area contributed by atoms with Gasteiger partial charge in [-0.25, -0.2) is 0 Å². The molecule has 1 saturated heterocycles. The standard InChI is InChI=1S/C15H23N3O/c1-11-4-3-5-13-12(11)10-14(16-13)15(19)18-8-6-17(2)7-9-18/h10-11,16H,3-9H2,1-2H3. The molecule has 4 nitrogen and oxygen atoms in total. The number of carbonyl (C=O) groups excluding carboxylic acids is 1. The number of aromatic amines is 1. The van der Waals surface area contributed by atoms with E-state index in [1.807, 2.05) is 4.90 Å². The summed E-state index contributed by atoms with van der Waals surface area (Å²) >= 11 is 0. The number of amides is 1. The van der Waals surface area contributed by atoms with Crippen molar-refractivity contribution in [2.75, 3.05) is 33.2 Å². The van der Waals surface area contributed by atoms with E-state index < -0.39 is 0 Å². The minimum atomic E-state index is 0.176. The molecule has 0 bridgehead atoms. The number of rotatable bonds is 1. The van der Waals surface area contributed by atoms with Crippen LogP contribution in [0.15, 0.2) is 6.07 Å². The number of nitrogens with zero attached hydrogens (tertiary/aromatic N) is 2. The number of piperazine rings is 1. The fraction of sp³-hybridized carbons (Fsp3) is 0.667. The van der Waals surface area contributed by atoms with Crippen LogP contribution in [0.4, 0.5) is 0 Å². The lowest BCUT2D eigenvalue weighted by Gasteiger charge is -2.32. The van der Waals surface area contributed by atoms with E-state index in [9.17, 15) is 4.79 Å². The van der Waals surface area contributed by atoms with Crippen molar-refractivity contribution in [3.63, 3.8) is 0 Å². The van der Waals surface area contributed by atoms with Crippen molar-refractivity contribution in [1.82, 2.24) is 14.8 Å². The van der Waals surface area contributed by atoms with E-state index in [2.05, 4.69) is 29.9 Å². The third-order valence-electron chi connectivity index (χ3n) is 4.55. The Morgan fingerprint density at radius 2 is 2.05 bits per heavy atom. The highest BCUT2D eigenvalue weighted by atomic mass is 16.2. The third-order valence-corrected chi connectivity index (χ3v) is 4.55. The Morgan fingerprint density at radius 3 is 2.74 bits per heavy atom. The Balaban J connectivity index is 1.77. The fourth-order valence-corrected chi connectivity index (χ4v) is 3.20. The van der Waals surface area contributed by atoms with Crippen LogP contribution < -0.4 is 0 Å². The molecule has 3 rings (SSSR count). The first-order chi connectivity index (χ1) is 9.15. The van der Waals surface area contributed by atoms with Crippen molar-refractivity contribution >= 4 is 5.91 Å².